The Balaban J connectivity index is 1.81. The topological polar surface area (TPSA) is 143 Å². The van der Waals surface area contributed by atoms with Crippen LogP contribution >= 0.6 is 11.3 Å². The molecule has 9 nitrogen and oxygen atoms in total. The van der Waals surface area contributed by atoms with Crippen LogP contribution in [0.3, 0.4) is 0 Å². The molecule has 2 aromatic heterocycles. The molecule has 140 valence electrons. The lowest BCUT2D eigenvalue weighted by Gasteiger charge is -2.13. The van der Waals surface area contributed by atoms with Crippen molar-refractivity contribution in [3.8, 4) is 0 Å². The molecule has 1 aliphatic rings. The molecular weight excluding hydrogens is 376 g/mol. The summed E-state index contributed by atoms with van der Waals surface area (Å²) in [6.07, 6.45) is 3.50. The Morgan fingerprint density at radius 3 is 2.73 bits per heavy atom. The summed E-state index contributed by atoms with van der Waals surface area (Å²) in [5, 5.41) is 18.1. The van der Waals surface area contributed by atoms with Crippen LogP contribution in [-0.2, 0) is 15.5 Å². The molecule has 0 aromatic carbocycles. The van der Waals surface area contributed by atoms with E-state index in [4.69, 9.17) is 5.14 Å². The predicted molar refractivity (Wildman–Crippen MR) is 98.1 cm³/mol. The molecule has 0 radical (unpaired) electrons. The van der Waals surface area contributed by atoms with Gasteiger partial charge in [0.1, 0.15) is 0 Å². The van der Waals surface area contributed by atoms with Crippen LogP contribution in [0.2, 0.25) is 0 Å². The first kappa shape index (κ1) is 18.8. The Morgan fingerprint density at radius 2 is 2.15 bits per heavy atom. The van der Waals surface area contributed by atoms with Crippen LogP contribution < -0.4 is 10.5 Å². The Morgan fingerprint density at radius 1 is 1.46 bits per heavy atom. The van der Waals surface area contributed by atoms with E-state index in [0.717, 1.165) is 35.6 Å². The van der Waals surface area contributed by atoms with Gasteiger partial charge in [-0.2, -0.15) is 0 Å². The van der Waals surface area contributed by atoms with Crippen molar-refractivity contribution in [3.05, 3.63) is 28.5 Å². The highest BCUT2D eigenvalue weighted by Gasteiger charge is 2.26. The highest BCUT2D eigenvalue weighted by Crippen LogP contribution is 2.39. The number of rotatable bonds is 4. The van der Waals surface area contributed by atoms with Crippen LogP contribution in [-0.4, -0.2) is 30.3 Å². The van der Waals surface area contributed by atoms with Gasteiger partial charge in [-0.15, -0.1) is 15.7 Å². The van der Waals surface area contributed by atoms with E-state index in [1.165, 1.54) is 6.20 Å². The van der Waals surface area contributed by atoms with E-state index in [2.05, 4.69) is 24.6 Å². The summed E-state index contributed by atoms with van der Waals surface area (Å²) in [5.41, 5.74) is 0.443. The van der Waals surface area contributed by atoms with Crippen molar-refractivity contribution < 1.29 is 14.1 Å². The predicted octanol–water partition coefficient (Wildman–Crippen LogP) is 2.28. The van der Waals surface area contributed by atoms with Crippen LogP contribution in [0.15, 0.2) is 21.0 Å². The average Bonchev–Trinajstić information content (AvgIpc) is 3.20. The lowest BCUT2D eigenvalue weighted by Crippen LogP contribution is -2.18. The van der Waals surface area contributed by atoms with E-state index < -0.39 is 21.5 Å². The molecular formula is C15H20N6O3S2. The van der Waals surface area contributed by atoms with Crippen LogP contribution in [0.1, 0.15) is 48.9 Å². The Bertz CT molecular complexity index is 968. The number of nitrogens with one attached hydrogen (secondary N) is 1. The first-order valence-electron chi connectivity index (χ1n) is 7.95. The van der Waals surface area contributed by atoms with Crippen molar-refractivity contribution in [1.82, 2.24) is 15.0 Å². The molecule has 1 fully saturated rings. The molecule has 3 rings (SSSR count). The molecule has 1 saturated carbocycles. The Kier molecular flexibility index (Phi) is 4.82. The lowest BCUT2D eigenvalue weighted by molar-refractivity contribution is 0.0823. The van der Waals surface area contributed by atoms with Crippen molar-refractivity contribution in [3.63, 3.8) is 0 Å². The zero-order valence-corrected chi connectivity index (χ0v) is 16.2. The van der Waals surface area contributed by atoms with Crippen molar-refractivity contribution in [2.45, 2.75) is 49.5 Å². The molecule has 0 saturated heterocycles. The maximum absolute atomic E-state index is 12.6. The molecule has 2 aromatic rings. The van der Waals surface area contributed by atoms with E-state index in [0.29, 0.717) is 10.8 Å². The number of urea groups is 1. The molecule has 1 unspecified atom stereocenters. The van der Waals surface area contributed by atoms with E-state index in [9.17, 15) is 14.1 Å². The van der Waals surface area contributed by atoms with Crippen LogP contribution in [0.5, 0.6) is 0 Å². The number of anilines is 1. The molecule has 1 aliphatic carbocycles. The zero-order chi connectivity index (χ0) is 19.1. The lowest BCUT2D eigenvalue weighted by atomic mass is 10.1. The number of carbonyl (C=O) groups excluding carboxylic acids is 1. The Labute approximate surface area is 155 Å². The van der Waals surface area contributed by atoms with Gasteiger partial charge in [-0.05, 0) is 39.7 Å². The second kappa shape index (κ2) is 6.65. The summed E-state index contributed by atoms with van der Waals surface area (Å²) in [4.78, 5) is 25.0. The number of carbonyl (C=O) groups is 1. The van der Waals surface area contributed by atoms with Gasteiger partial charge in [0.25, 0.3) is 0 Å². The SMILES string of the molecule is Cc1cc(C2CC2)nc(NC(=O)N=S(N)(=O)c2ncc(C(C)(C)O)s2)n1. The van der Waals surface area contributed by atoms with E-state index in [1.54, 1.807) is 20.8 Å². The van der Waals surface area contributed by atoms with Gasteiger partial charge in [-0.1, -0.05) is 0 Å². The summed E-state index contributed by atoms with van der Waals surface area (Å²) in [6, 6.07) is 0.967. The minimum atomic E-state index is -3.54. The fourth-order valence-corrected chi connectivity index (χ4v) is 4.28. The maximum Gasteiger partial charge on any atom is 0.357 e. The van der Waals surface area contributed by atoms with E-state index in [-0.39, 0.29) is 10.3 Å². The van der Waals surface area contributed by atoms with Gasteiger partial charge >= 0.3 is 6.03 Å². The van der Waals surface area contributed by atoms with E-state index in [1.807, 2.05) is 6.07 Å². The monoisotopic (exact) mass is 396 g/mol. The van der Waals surface area contributed by atoms with Gasteiger partial charge in [0.2, 0.25) is 10.3 Å². The summed E-state index contributed by atoms with van der Waals surface area (Å²) >= 11 is 0.946. The molecule has 4 N–H and O–H groups in total. The molecule has 2 amide bonds. The van der Waals surface area contributed by atoms with Gasteiger partial charge < -0.3 is 5.11 Å². The number of aromatic nitrogens is 3. The van der Waals surface area contributed by atoms with Crippen molar-refractivity contribution in [2.24, 2.45) is 9.50 Å². The number of hydrogen-bond donors (Lipinski definition) is 3. The van der Waals surface area contributed by atoms with Gasteiger partial charge in [-0.25, -0.2) is 29.1 Å². The average molecular weight is 396 g/mol. The molecule has 0 aliphatic heterocycles. The number of thiazole rings is 1. The summed E-state index contributed by atoms with van der Waals surface area (Å²) < 4.78 is 16.1. The van der Waals surface area contributed by atoms with Crippen LogP contribution in [0.4, 0.5) is 10.7 Å². The van der Waals surface area contributed by atoms with Gasteiger partial charge in [0.15, 0.2) is 9.92 Å². The molecule has 2 heterocycles. The summed E-state index contributed by atoms with van der Waals surface area (Å²) in [7, 11) is -3.54. The molecule has 0 bridgehead atoms. The fourth-order valence-electron chi connectivity index (χ4n) is 2.19. The number of aryl methyl sites for hydroxylation is 1. The van der Waals surface area contributed by atoms with Gasteiger partial charge in [0, 0.05) is 23.5 Å². The van der Waals surface area contributed by atoms with Gasteiger partial charge in [0.05, 0.1) is 10.5 Å². The quantitative estimate of drug-likeness (QED) is 0.723. The minimum Gasteiger partial charge on any atom is -0.385 e. The van der Waals surface area contributed by atoms with Gasteiger partial charge in [-0.3, -0.25) is 5.32 Å². The normalized spacial score (nSPS) is 16.8. The maximum atomic E-state index is 12.6. The summed E-state index contributed by atoms with van der Waals surface area (Å²) in [6.45, 7) is 4.94. The number of nitrogens with two attached hydrogens (primary N) is 1. The minimum absolute atomic E-state index is 0.0337. The number of amides is 2. The molecule has 1 atom stereocenters. The number of nitrogens with zero attached hydrogens (tertiary/aromatic N) is 4. The molecule has 0 spiro atoms. The molecule has 26 heavy (non-hydrogen) atoms. The van der Waals surface area contributed by atoms with Crippen molar-refractivity contribution in [1.29, 1.82) is 0 Å². The standard InChI is InChI=1S/C15H20N6O3S2/c1-8-6-10(9-4-5-9)19-12(18-8)20-13(22)21-26(16,24)14-17-7-11(25-14)15(2,3)23/h6-7,9,23H,4-5H2,1-3H3,(H3,16,18,19,20,21,22,24). The first-order chi connectivity index (χ1) is 12.0. The third kappa shape index (κ3) is 4.41. The third-order valence-electron chi connectivity index (χ3n) is 3.64. The largest absolute Gasteiger partial charge is 0.385 e. The van der Waals surface area contributed by atoms with E-state index >= 15 is 0 Å². The molecule has 11 heteroatoms. The zero-order valence-electron chi connectivity index (χ0n) is 14.6. The first-order valence-corrected chi connectivity index (χ1v) is 10.3. The Hall–Kier alpha value is -1.95. The second-order valence-electron chi connectivity index (χ2n) is 6.67. The highest BCUT2D eigenvalue weighted by molar-refractivity contribution is 7.93. The second-order valence-corrected chi connectivity index (χ2v) is 9.67. The number of aliphatic hydroxyl groups is 1. The summed E-state index contributed by atoms with van der Waals surface area (Å²) in [5.74, 6) is 0.505. The van der Waals surface area contributed by atoms with Crippen LogP contribution in [0.25, 0.3) is 0 Å². The van der Waals surface area contributed by atoms with Crippen LogP contribution in [0, 0.1) is 6.92 Å². The fraction of sp³-hybridized carbons (Fsp3) is 0.467. The van der Waals surface area contributed by atoms with Crippen molar-refractivity contribution >= 4 is 33.2 Å². The smallest absolute Gasteiger partial charge is 0.357 e. The third-order valence-corrected chi connectivity index (χ3v) is 6.76. The highest BCUT2D eigenvalue weighted by atomic mass is 32.2. The number of hydrogen-bond acceptors (Lipinski definition) is 7. The van der Waals surface area contributed by atoms with Crippen molar-refractivity contribution in [2.75, 3.05) is 5.32 Å².